The number of carboxylic acids is 2. The fraction of sp³-hybridized carbons (Fsp3) is 0. The van der Waals surface area contributed by atoms with Gasteiger partial charge in [-0.2, -0.15) is 0 Å². The van der Waals surface area contributed by atoms with Crippen LogP contribution in [0.25, 0.3) is 0 Å². The van der Waals surface area contributed by atoms with E-state index in [2.05, 4.69) is 0 Å². The lowest BCUT2D eigenvalue weighted by Gasteiger charge is -2.02. The van der Waals surface area contributed by atoms with Gasteiger partial charge in [-0.1, -0.05) is 6.08 Å². The molecule has 0 amide bonds. The van der Waals surface area contributed by atoms with Crippen LogP contribution in [0.4, 0.5) is 0 Å². The van der Waals surface area contributed by atoms with Gasteiger partial charge >= 0.3 is 5.97 Å². The summed E-state index contributed by atoms with van der Waals surface area (Å²) in [6, 6.07) is 0. The molecule has 0 radical (unpaired) electrons. The Hall–Kier alpha value is -1.78. The van der Waals surface area contributed by atoms with Gasteiger partial charge in [-0.25, -0.2) is 4.79 Å². The lowest BCUT2D eigenvalue weighted by atomic mass is 10.4. The Labute approximate surface area is 61.9 Å². The predicted octanol–water partition coefficient (Wildman–Crippen LogP) is -2.38. The molecule has 5 heteroatoms. The van der Waals surface area contributed by atoms with Crippen molar-refractivity contribution in [2.45, 2.75) is 0 Å². The highest BCUT2D eigenvalue weighted by atomic mass is 16.4. The van der Waals surface area contributed by atoms with E-state index in [9.17, 15) is 19.8 Å². The summed E-state index contributed by atoms with van der Waals surface area (Å²) in [5, 5.41) is 28.0. The highest BCUT2D eigenvalue weighted by molar-refractivity contribution is 5.82. The molecule has 0 spiro atoms. The van der Waals surface area contributed by atoms with Crippen molar-refractivity contribution >= 4 is 11.9 Å². The van der Waals surface area contributed by atoms with E-state index in [1.54, 1.807) is 0 Å². The lowest BCUT2D eigenvalue weighted by molar-refractivity contribution is -0.300. The van der Waals surface area contributed by atoms with E-state index in [0.717, 1.165) is 0 Å². The molecular weight excluding hydrogens is 152 g/mol. The fourth-order valence-corrected chi connectivity index (χ4v) is 0.320. The van der Waals surface area contributed by atoms with Crippen molar-refractivity contribution in [3.05, 3.63) is 24.0 Å². The molecule has 11 heavy (non-hydrogen) atoms. The molecule has 0 aromatic rings. The molecule has 0 unspecified atom stereocenters. The minimum absolute atomic E-state index is 0.347. The van der Waals surface area contributed by atoms with E-state index >= 15 is 0 Å². The van der Waals surface area contributed by atoms with E-state index in [1.165, 1.54) is 0 Å². The second kappa shape index (κ2) is 4.10. The average molecular weight is 156 g/mol. The summed E-state index contributed by atoms with van der Waals surface area (Å²) in [4.78, 5) is 19.5. The zero-order chi connectivity index (χ0) is 8.85. The molecule has 0 saturated heterocycles. The van der Waals surface area contributed by atoms with Crippen LogP contribution < -0.4 is 10.2 Å². The Morgan fingerprint density at radius 2 is 1.73 bits per heavy atom. The number of rotatable bonds is 3. The predicted molar refractivity (Wildman–Crippen MR) is 29.9 cm³/mol. The normalized spacial score (nSPS) is 11.8. The van der Waals surface area contributed by atoms with Crippen molar-refractivity contribution < 1.29 is 24.9 Å². The van der Waals surface area contributed by atoms with Crippen LogP contribution in [0.3, 0.4) is 0 Å². The largest absolute Gasteiger partial charge is 0.872 e. The maximum atomic E-state index is 10.3. The second-order valence-electron chi connectivity index (χ2n) is 1.54. The number of aliphatic carboxylic acids is 2. The Bertz CT molecular complexity index is 225. The van der Waals surface area contributed by atoms with Crippen LogP contribution in [-0.4, -0.2) is 17.0 Å². The number of carbonyl (C=O) groups is 2. The van der Waals surface area contributed by atoms with Crippen molar-refractivity contribution in [1.29, 1.82) is 0 Å². The van der Waals surface area contributed by atoms with Crippen LogP contribution in [0.1, 0.15) is 0 Å². The summed E-state index contributed by atoms with van der Waals surface area (Å²) in [5.74, 6) is -3.86. The highest BCUT2D eigenvalue weighted by Crippen LogP contribution is 1.84. The SMILES string of the molecule is O=C([O-])/C=C\C([O-])=C/C(=O)O. The topological polar surface area (TPSA) is 100 Å². The van der Waals surface area contributed by atoms with Crippen molar-refractivity contribution in [3.63, 3.8) is 0 Å². The highest BCUT2D eigenvalue weighted by Gasteiger charge is 1.83. The molecule has 0 fully saturated rings. The van der Waals surface area contributed by atoms with E-state index in [1.807, 2.05) is 0 Å². The molecule has 60 valence electrons. The summed E-state index contributed by atoms with van der Waals surface area (Å²) in [6.07, 6.45) is 1.41. The monoisotopic (exact) mass is 156 g/mol. The smallest absolute Gasteiger partial charge is 0.327 e. The first-order valence-electron chi connectivity index (χ1n) is 2.53. The third-order valence-corrected chi connectivity index (χ3v) is 0.649. The van der Waals surface area contributed by atoms with Crippen molar-refractivity contribution in [1.82, 2.24) is 0 Å². The number of carbonyl (C=O) groups excluding carboxylic acids is 1. The summed E-state index contributed by atoms with van der Waals surface area (Å²) >= 11 is 0. The Morgan fingerprint density at radius 1 is 1.18 bits per heavy atom. The summed E-state index contributed by atoms with van der Waals surface area (Å²) < 4.78 is 0. The number of hydrogen-bond acceptors (Lipinski definition) is 4. The van der Waals surface area contributed by atoms with E-state index in [-0.39, 0.29) is 0 Å². The van der Waals surface area contributed by atoms with Crippen LogP contribution in [0.15, 0.2) is 24.0 Å². The van der Waals surface area contributed by atoms with E-state index in [4.69, 9.17) is 5.11 Å². The molecule has 0 bridgehead atoms. The molecule has 0 aliphatic rings. The van der Waals surface area contributed by atoms with Crippen LogP contribution in [-0.2, 0) is 9.59 Å². The van der Waals surface area contributed by atoms with Crippen molar-refractivity contribution in [2.24, 2.45) is 0 Å². The van der Waals surface area contributed by atoms with Gasteiger partial charge in [0.1, 0.15) is 0 Å². The molecule has 0 aromatic heterocycles. The van der Waals surface area contributed by atoms with Gasteiger partial charge in [0.15, 0.2) is 0 Å². The average Bonchev–Trinajstić information content (AvgIpc) is 1.82. The minimum Gasteiger partial charge on any atom is -0.872 e. The second-order valence-corrected chi connectivity index (χ2v) is 1.54. The van der Waals surface area contributed by atoms with Gasteiger partial charge < -0.3 is 20.1 Å². The van der Waals surface area contributed by atoms with Crippen LogP contribution in [0.5, 0.6) is 0 Å². The molecular formula is C6H4O5-2. The van der Waals surface area contributed by atoms with E-state index in [0.29, 0.717) is 18.2 Å². The first kappa shape index (κ1) is 9.22. The maximum absolute atomic E-state index is 10.3. The van der Waals surface area contributed by atoms with Gasteiger partial charge in [-0.05, 0) is 6.08 Å². The van der Waals surface area contributed by atoms with Gasteiger partial charge in [0.05, 0.1) is 5.97 Å². The molecule has 0 saturated carbocycles. The molecule has 0 atom stereocenters. The number of carboxylic acid groups (broad SMARTS) is 2. The fourth-order valence-electron chi connectivity index (χ4n) is 0.320. The lowest BCUT2D eigenvalue weighted by Crippen LogP contribution is -2.19. The minimum atomic E-state index is -1.54. The maximum Gasteiger partial charge on any atom is 0.327 e. The van der Waals surface area contributed by atoms with E-state index < -0.39 is 17.7 Å². The van der Waals surface area contributed by atoms with Gasteiger partial charge in [0.25, 0.3) is 0 Å². The van der Waals surface area contributed by atoms with Gasteiger partial charge in [0, 0.05) is 6.08 Å². The zero-order valence-electron chi connectivity index (χ0n) is 5.31. The van der Waals surface area contributed by atoms with Gasteiger partial charge in [-0.15, -0.1) is 5.76 Å². The van der Waals surface area contributed by atoms with Crippen LogP contribution >= 0.6 is 0 Å². The quantitative estimate of drug-likeness (QED) is 0.279. The summed E-state index contributed by atoms with van der Waals surface area (Å²) in [5.41, 5.74) is 0. The molecule has 5 nitrogen and oxygen atoms in total. The van der Waals surface area contributed by atoms with Crippen LogP contribution in [0.2, 0.25) is 0 Å². The standard InChI is InChI=1S/C6H6O5/c7-4(3-6(10)11)1-2-5(8)9/h1-3,7H,(H,8,9)(H,10,11)/p-2/b2-1-,4-3+. The Morgan fingerprint density at radius 3 is 2.09 bits per heavy atom. The zero-order valence-corrected chi connectivity index (χ0v) is 5.31. The third-order valence-electron chi connectivity index (χ3n) is 0.649. The van der Waals surface area contributed by atoms with Crippen molar-refractivity contribution in [3.8, 4) is 0 Å². The summed E-state index contributed by atoms with van der Waals surface area (Å²) in [7, 11) is 0. The molecule has 0 aliphatic carbocycles. The third kappa shape index (κ3) is 6.10. The molecule has 1 N–H and O–H groups in total. The molecule has 0 aliphatic heterocycles. The first-order chi connectivity index (χ1) is 5.02. The summed E-state index contributed by atoms with van der Waals surface area (Å²) in [6.45, 7) is 0. The molecule has 0 aromatic carbocycles. The Kier molecular flexibility index (Phi) is 3.44. The molecule has 0 rings (SSSR count). The number of allylic oxidation sites excluding steroid dienone is 1. The van der Waals surface area contributed by atoms with Gasteiger partial charge in [-0.3, -0.25) is 0 Å². The first-order valence-corrected chi connectivity index (χ1v) is 2.53. The van der Waals surface area contributed by atoms with Crippen molar-refractivity contribution in [2.75, 3.05) is 0 Å². The molecule has 0 heterocycles. The Balaban J connectivity index is 4.17. The number of hydrogen-bond donors (Lipinski definition) is 1. The van der Waals surface area contributed by atoms with Gasteiger partial charge in [0.2, 0.25) is 0 Å². The van der Waals surface area contributed by atoms with Crippen LogP contribution in [0, 0.1) is 0 Å².